The highest BCUT2D eigenvalue weighted by molar-refractivity contribution is 5.37. The smallest absolute Gasteiger partial charge is 0.0689 e. The van der Waals surface area contributed by atoms with E-state index in [4.69, 9.17) is 10.5 Å². The van der Waals surface area contributed by atoms with Crippen LogP contribution in [0.4, 0.5) is 0 Å². The average molecular weight is 217 g/mol. The van der Waals surface area contributed by atoms with Crippen molar-refractivity contribution in [3.63, 3.8) is 0 Å². The topological polar surface area (TPSA) is 35.2 Å². The van der Waals surface area contributed by atoms with E-state index in [9.17, 15) is 0 Å². The molecular weight excluding hydrogens is 198 g/mol. The Morgan fingerprint density at radius 2 is 2.19 bits per heavy atom. The molecule has 0 amide bonds. The highest BCUT2D eigenvalue weighted by Gasteiger charge is 2.52. The summed E-state index contributed by atoms with van der Waals surface area (Å²) in [6.07, 6.45) is 4.31. The van der Waals surface area contributed by atoms with Crippen molar-refractivity contribution in [3.8, 4) is 0 Å². The van der Waals surface area contributed by atoms with Gasteiger partial charge in [0.1, 0.15) is 0 Å². The normalized spacial score (nSPS) is 36.9. The molecule has 2 fully saturated rings. The molecule has 0 spiro atoms. The van der Waals surface area contributed by atoms with Crippen molar-refractivity contribution in [1.82, 2.24) is 0 Å². The molecule has 2 heteroatoms. The Morgan fingerprint density at radius 1 is 1.38 bits per heavy atom. The van der Waals surface area contributed by atoms with E-state index in [1.54, 1.807) is 0 Å². The maximum absolute atomic E-state index is 6.08. The molecular formula is C14H19NO. The Hall–Kier alpha value is -0.860. The first kappa shape index (κ1) is 10.3. The first-order chi connectivity index (χ1) is 7.76. The van der Waals surface area contributed by atoms with Gasteiger partial charge in [-0.25, -0.2) is 0 Å². The Balaban J connectivity index is 2.06. The summed E-state index contributed by atoms with van der Waals surface area (Å²) in [5.74, 6) is 0. The second kappa shape index (κ2) is 3.57. The van der Waals surface area contributed by atoms with Crippen molar-refractivity contribution in [2.24, 2.45) is 5.73 Å². The van der Waals surface area contributed by atoms with Gasteiger partial charge in [-0.1, -0.05) is 24.3 Å². The van der Waals surface area contributed by atoms with Crippen LogP contribution >= 0.6 is 0 Å². The van der Waals surface area contributed by atoms with E-state index in [2.05, 4.69) is 31.2 Å². The van der Waals surface area contributed by atoms with Crippen LogP contribution < -0.4 is 5.73 Å². The van der Waals surface area contributed by atoms with Crippen LogP contribution in [0.25, 0.3) is 0 Å². The second-order valence-corrected chi connectivity index (χ2v) is 5.20. The van der Waals surface area contributed by atoms with Crippen LogP contribution in [0.1, 0.15) is 30.4 Å². The molecule has 16 heavy (non-hydrogen) atoms. The number of aryl methyl sites for hydroxylation is 1. The molecule has 1 aromatic rings. The minimum atomic E-state index is 0.0915. The number of benzene rings is 1. The fraction of sp³-hybridized carbons (Fsp3) is 0.571. The lowest BCUT2D eigenvalue weighted by Gasteiger charge is -2.35. The third-order valence-electron chi connectivity index (χ3n) is 4.36. The van der Waals surface area contributed by atoms with Gasteiger partial charge in [0.05, 0.1) is 12.2 Å². The molecule has 2 aliphatic heterocycles. The third-order valence-corrected chi connectivity index (χ3v) is 4.36. The van der Waals surface area contributed by atoms with Crippen molar-refractivity contribution in [2.75, 3.05) is 6.54 Å². The fourth-order valence-corrected chi connectivity index (χ4v) is 3.54. The Bertz CT molecular complexity index is 403. The molecule has 1 aromatic carbocycles. The lowest BCUT2D eigenvalue weighted by atomic mass is 9.68. The Labute approximate surface area is 96.8 Å². The molecule has 2 saturated heterocycles. The molecule has 0 aromatic heterocycles. The molecule has 2 aliphatic rings. The number of ether oxygens (including phenoxy) is 1. The van der Waals surface area contributed by atoms with E-state index in [-0.39, 0.29) is 5.41 Å². The highest BCUT2D eigenvalue weighted by Crippen LogP contribution is 2.49. The molecule has 2 bridgehead atoms. The van der Waals surface area contributed by atoms with Crippen LogP contribution in [-0.4, -0.2) is 18.8 Å². The van der Waals surface area contributed by atoms with E-state index < -0.39 is 0 Å². The number of hydrogen-bond acceptors (Lipinski definition) is 2. The molecule has 86 valence electrons. The summed E-state index contributed by atoms with van der Waals surface area (Å²) < 4.78 is 6.01. The zero-order valence-corrected chi connectivity index (χ0v) is 9.78. The molecule has 3 unspecified atom stereocenters. The average Bonchev–Trinajstić information content (AvgIpc) is 2.90. The van der Waals surface area contributed by atoms with Crippen LogP contribution in [0.3, 0.4) is 0 Å². The van der Waals surface area contributed by atoms with Crippen molar-refractivity contribution in [3.05, 3.63) is 35.4 Å². The fourth-order valence-electron chi connectivity index (χ4n) is 3.54. The summed E-state index contributed by atoms with van der Waals surface area (Å²) >= 11 is 0. The molecule has 2 nitrogen and oxygen atoms in total. The number of hydrogen-bond donors (Lipinski definition) is 1. The largest absolute Gasteiger partial charge is 0.374 e. The van der Waals surface area contributed by atoms with Gasteiger partial charge in [0.25, 0.3) is 0 Å². The van der Waals surface area contributed by atoms with Gasteiger partial charge in [0.15, 0.2) is 0 Å². The SMILES string of the molecule is Cc1ccccc1C1(CN)CC2CCC1O2. The van der Waals surface area contributed by atoms with Crippen LogP contribution in [0.15, 0.2) is 24.3 Å². The van der Waals surface area contributed by atoms with Crippen LogP contribution in [-0.2, 0) is 10.2 Å². The van der Waals surface area contributed by atoms with Crippen molar-refractivity contribution >= 4 is 0 Å². The van der Waals surface area contributed by atoms with Crippen LogP contribution in [0.5, 0.6) is 0 Å². The van der Waals surface area contributed by atoms with E-state index in [0.717, 1.165) is 6.42 Å². The molecule has 2 heterocycles. The summed E-state index contributed by atoms with van der Waals surface area (Å²) in [4.78, 5) is 0. The van der Waals surface area contributed by atoms with Crippen molar-refractivity contribution in [1.29, 1.82) is 0 Å². The van der Waals surface area contributed by atoms with Gasteiger partial charge >= 0.3 is 0 Å². The quantitative estimate of drug-likeness (QED) is 0.823. The van der Waals surface area contributed by atoms with Crippen LogP contribution in [0.2, 0.25) is 0 Å². The minimum absolute atomic E-state index is 0.0915. The molecule has 3 rings (SSSR count). The van der Waals surface area contributed by atoms with Gasteiger partial charge in [-0.15, -0.1) is 0 Å². The van der Waals surface area contributed by atoms with E-state index in [1.165, 1.54) is 24.0 Å². The second-order valence-electron chi connectivity index (χ2n) is 5.20. The molecule has 2 N–H and O–H groups in total. The van der Waals surface area contributed by atoms with E-state index >= 15 is 0 Å². The predicted octanol–water partition coefficient (Wildman–Crippen LogP) is 2.14. The zero-order valence-electron chi connectivity index (χ0n) is 9.78. The monoisotopic (exact) mass is 217 g/mol. The van der Waals surface area contributed by atoms with Gasteiger partial charge in [-0.2, -0.15) is 0 Å². The maximum Gasteiger partial charge on any atom is 0.0689 e. The Kier molecular flexibility index (Phi) is 2.30. The standard InChI is InChI=1S/C14H19NO/c1-10-4-2-3-5-12(10)14(9-15)8-11-6-7-13(14)16-11/h2-5,11,13H,6-9,15H2,1H3. The van der Waals surface area contributed by atoms with E-state index in [1.807, 2.05) is 0 Å². The number of nitrogens with two attached hydrogens (primary N) is 1. The first-order valence-corrected chi connectivity index (χ1v) is 6.18. The summed E-state index contributed by atoms with van der Waals surface area (Å²) in [7, 11) is 0. The lowest BCUT2D eigenvalue weighted by molar-refractivity contribution is 0.0856. The number of rotatable bonds is 2. The van der Waals surface area contributed by atoms with Crippen LogP contribution in [0, 0.1) is 6.92 Å². The maximum atomic E-state index is 6.08. The minimum Gasteiger partial charge on any atom is -0.374 e. The zero-order chi connectivity index (χ0) is 11.2. The summed E-state index contributed by atoms with van der Waals surface area (Å²) in [5.41, 5.74) is 8.93. The summed E-state index contributed by atoms with van der Waals surface area (Å²) in [5, 5.41) is 0. The Morgan fingerprint density at radius 3 is 2.75 bits per heavy atom. The molecule has 0 saturated carbocycles. The number of fused-ring (bicyclic) bond motifs is 2. The van der Waals surface area contributed by atoms with Gasteiger partial charge in [0.2, 0.25) is 0 Å². The van der Waals surface area contributed by atoms with Gasteiger partial charge < -0.3 is 10.5 Å². The highest BCUT2D eigenvalue weighted by atomic mass is 16.5. The molecule has 0 radical (unpaired) electrons. The lowest BCUT2D eigenvalue weighted by Crippen LogP contribution is -2.44. The van der Waals surface area contributed by atoms with Gasteiger partial charge in [-0.05, 0) is 37.3 Å². The van der Waals surface area contributed by atoms with Crippen molar-refractivity contribution in [2.45, 2.75) is 43.8 Å². The molecule has 3 atom stereocenters. The summed E-state index contributed by atoms with van der Waals surface area (Å²) in [6.45, 7) is 2.89. The van der Waals surface area contributed by atoms with Crippen molar-refractivity contribution < 1.29 is 4.74 Å². The van der Waals surface area contributed by atoms with Gasteiger partial charge in [-0.3, -0.25) is 0 Å². The first-order valence-electron chi connectivity index (χ1n) is 6.18. The molecule has 0 aliphatic carbocycles. The predicted molar refractivity (Wildman–Crippen MR) is 64.4 cm³/mol. The van der Waals surface area contributed by atoms with E-state index in [0.29, 0.717) is 18.8 Å². The van der Waals surface area contributed by atoms with Gasteiger partial charge in [0, 0.05) is 12.0 Å². The third kappa shape index (κ3) is 1.26. The summed E-state index contributed by atoms with van der Waals surface area (Å²) in [6, 6.07) is 8.62.